The van der Waals surface area contributed by atoms with Crippen molar-refractivity contribution < 1.29 is 9.59 Å². The molecule has 0 saturated heterocycles. The molecule has 0 fully saturated rings. The smallest absolute Gasteiger partial charge is 0.243 e. The normalized spacial score (nSPS) is 13.1. The van der Waals surface area contributed by atoms with Crippen molar-refractivity contribution in [1.29, 1.82) is 0 Å². The molecule has 1 aromatic carbocycles. The van der Waals surface area contributed by atoms with Gasteiger partial charge in [-0.15, -0.1) is 11.3 Å². The van der Waals surface area contributed by atoms with Crippen LogP contribution in [0.3, 0.4) is 0 Å². The van der Waals surface area contributed by atoms with Gasteiger partial charge in [0.25, 0.3) is 0 Å². The third-order valence-corrected chi connectivity index (χ3v) is 5.20. The van der Waals surface area contributed by atoms with Crippen molar-refractivity contribution in [3.05, 3.63) is 23.2 Å². The Labute approximate surface area is 152 Å². The second kappa shape index (κ2) is 7.49. The van der Waals surface area contributed by atoms with Crippen LogP contribution >= 0.6 is 11.3 Å². The van der Waals surface area contributed by atoms with Crippen LogP contribution in [-0.4, -0.2) is 29.4 Å². The van der Waals surface area contributed by atoms with Crippen LogP contribution in [0.5, 0.6) is 0 Å². The van der Waals surface area contributed by atoms with Crippen LogP contribution in [0.25, 0.3) is 10.2 Å². The average Bonchev–Trinajstić information content (AvgIpc) is 2.95. The average molecular weight is 362 g/mol. The number of hydrogen-bond donors (Lipinski definition) is 3. The summed E-state index contributed by atoms with van der Waals surface area (Å²) in [6.45, 7) is 9.99. The Morgan fingerprint density at radius 1 is 1.28 bits per heavy atom. The quantitative estimate of drug-likeness (QED) is 0.762. The standard InChI is InChI=1S/C18H26N4O2S/c1-10(2)15(19)16(24)20-9-14(23)21-11-6-7-12-13(8-11)25-17(22-12)18(3,4)5/h6-8,10,15H,9,19H2,1-5H3,(H,20,24)(H,21,23)/t15-/m0/s1. The van der Waals surface area contributed by atoms with E-state index in [4.69, 9.17) is 5.73 Å². The lowest BCUT2D eigenvalue weighted by Crippen LogP contribution is -2.46. The van der Waals surface area contributed by atoms with Crippen molar-refractivity contribution in [2.75, 3.05) is 11.9 Å². The van der Waals surface area contributed by atoms with Gasteiger partial charge in [0.2, 0.25) is 11.8 Å². The van der Waals surface area contributed by atoms with Crippen molar-refractivity contribution in [3.8, 4) is 0 Å². The van der Waals surface area contributed by atoms with E-state index >= 15 is 0 Å². The lowest BCUT2D eigenvalue weighted by Gasteiger charge is -2.15. The molecule has 7 heteroatoms. The molecule has 1 heterocycles. The van der Waals surface area contributed by atoms with Crippen LogP contribution in [0, 0.1) is 5.92 Å². The van der Waals surface area contributed by atoms with Crippen molar-refractivity contribution in [1.82, 2.24) is 10.3 Å². The minimum atomic E-state index is -0.614. The fraction of sp³-hybridized carbons (Fsp3) is 0.500. The third-order valence-electron chi connectivity index (χ3n) is 3.76. The maximum atomic E-state index is 12.0. The first-order valence-corrected chi connectivity index (χ1v) is 9.14. The van der Waals surface area contributed by atoms with E-state index < -0.39 is 6.04 Å². The van der Waals surface area contributed by atoms with Gasteiger partial charge < -0.3 is 16.4 Å². The van der Waals surface area contributed by atoms with Crippen LogP contribution in [0.2, 0.25) is 0 Å². The summed E-state index contributed by atoms with van der Waals surface area (Å²) in [5.41, 5.74) is 7.35. The SMILES string of the molecule is CC(C)[C@H](N)C(=O)NCC(=O)Nc1ccc2nc(C(C)(C)C)sc2c1. The molecule has 0 spiro atoms. The van der Waals surface area contributed by atoms with Gasteiger partial charge in [0.05, 0.1) is 27.8 Å². The Kier molecular flexibility index (Phi) is 5.80. The summed E-state index contributed by atoms with van der Waals surface area (Å²) in [5.74, 6) is -0.587. The molecular formula is C18H26N4O2S. The lowest BCUT2D eigenvalue weighted by molar-refractivity contribution is -0.125. The van der Waals surface area contributed by atoms with Gasteiger partial charge in [0, 0.05) is 11.1 Å². The van der Waals surface area contributed by atoms with Gasteiger partial charge >= 0.3 is 0 Å². The van der Waals surface area contributed by atoms with E-state index in [-0.39, 0.29) is 29.7 Å². The predicted molar refractivity (Wildman–Crippen MR) is 103 cm³/mol. The molecule has 2 amide bonds. The number of aromatic nitrogens is 1. The topological polar surface area (TPSA) is 97.1 Å². The number of nitrogens with one attached hydrogen (secondary N) is 2. The number of benzene rings is 1. The maximum Gasteiger partial charge on any atom is 0.243 e. The second-order valence-electron chi connectivity index (χ2n) is 7.49. The molecule has 0 saturated carbocycles. The first-order chi connectivity index (χ1) is 11.6. The molecule has 4 N–H and O–H groups in total. The molecule has 0 aliphatic rings. The largest absolute Gasteiger partial charge is 0.346 e. The van der Waals surface area contributed by atoms with Gasteiger partial charge in [-0.1, -0.05) is 34.6 Å². The van der Waals surface area contributed by atoms with E-state index in [0.29, 0.717) is 5.69 Å². The highest BCUT2D eigenvalue weighted by atomic mass is 32.1. The first kappa shape index (κ1) is 19.3. The van der Waals surface area contributed by atoms with Crippen LogP contribution in [0.1, 0.15) is 39.6 Å². The number of nitrogens with zero attached hydrogens (tertiary/aromatic N) is 1. The molecule has 0 aliphatic carbocycles. The van der Waals surface area contributed by atoms with E-state index in [1.807, 2.05) is 32.0 Å². The zero-order chi connectivity index (χ0) is 18.8. The number of carbonyl (C=O) groups excluding carboxylic acids is 2. The number of thiazole rings is 1. The number of hydrogen-bond acceptors (Lipinski definition) is 5. The molecule has 1 atom stereocenters. The van der Waals surface area contributed by atoms with Crippen LogP contribution in [0.15, 0.2) is 18.2 Å². The number of carbonyl (C=O) groups is 2. The minimum absolute atomic E-state index is 0.00738. The van der Waals surface area contributed by atoms with Crippen LogP contribution in [0.4, 0.5) is 5.69 Å². The Hall–Kier alpha value is -1.99. The highest BCUT2D eigenvalue weighted by Gasteiger charge is 2.19. The fourth-order valence-electron chi connectivity index (χ4n) is 2.12. The van der Waals surface area contributed by atoms with E-state index in [0.717, 1.165) is 15.2 Å². The molecule has 6 nitrogen and oxygen atoms in total. The Morgan fingerprint density at radius 3 is 2.56 bits per heavy atom. The van der Waals surface area contributed by atoms with E-state index in [2.05, 4.69) is 36.4 Å². The first-order valence-electron chi connectivity index (χ1n) is 8.32. The molecule has 0 radical (unpaired) electrons. The molecule has 0 bridgehead atoms. The summed E-state index contributed by atoms with van der Waals surface area (Å²) in [4.78, 5) is 28.5. The third kappa shape index (κ3) is 4.99. The number of nitrogens with two attached hydrogens (primary N) is 1. The van der Waals surface area contributed by atoms with Crippen molar-refractivity contribution >= 4 is 39.1 Å². The van der Waals surface area contributed by atoms with E-state index in [1.165, 1.54) is 0 Å². The van der Waals surface area contributed by atoms with Gasteiger partial charge in [0.1, 0.15) is 0 Å². The summed E-state index contributed by atoms with van der Waals surface area (Å²) in [6, 6.07) is 5.00. The lowest BCUT2D eigenvalue weighted by atomic mass is 9.98. The maximum absolute atomic E-state index is 12.0. The van der Waals surface area contributed by atoms with Crippen LogP contribution in [-0.2, 0) is 15.0 Å². The minimum Gasteiger partial charge on any atom is -0.346 e. The molecule has 2 aromatic rings. The van der Waals surface area contributed by atoms with Gasteiger partial charge in [0.15, 0.2) is 0 Å². The highest BCUT2D eigenvalue weighted by Crippen LogP contribution is 2.32. The predicted octanol–water partition coefficient (Wildman–Crippen LogP) is 2.63. The summed E-state index contributed by atoms with van der Waals surface area (Å²) < 4.78 is 1.02. The summed E-state index contributed by atoms with van der Waals surface area (Å²) in [7, 11) is 0. The molecule has 25 heavy (non-hydrogen) atoms. The van der Waals surface area contributed by atoms with Crippen molar-refractivity contribution in [2.45, 2.75) is 46.1 Å². The van der Waals surface area contributed by atoms with Gasteiger partial charge in [-0.3, -0.25) is 9.59 Å². The molecule has 136 valence electrons. The van der Waals surface area contributed by atoms with E-state index in [1.54, 1.807) is 11.3 Å². The highest BCUT2D eigenvalue weighted by molar-refractivity contribution is 7.18. The number of rotatable bonds is 5. The Morgan fingerprint density at radius 2 is 1.96 bits per heavy atom. The molecule has 1 aromatic heterocycles. The summed E-state index contributed by atoms with van der Waals surface area (Å²) >= 11 is 1.62. The number of anilines is 1. The Bertz CT molecular complexity index is 777. The zero-order valence-electron chi connectivity index (χ0n) is 15.3. The molecule has 0 unspecified atom stereocenters. The van der Waals surface area contributed by atoms with Crippen molar-refractivity contribution in [3.63, 3.8) is 0 Å². The Balaban J connectivity index is 2.00. The van der Waals surface area contributed by atoms with Gasteiger partial charge in [-0.2, -0.15) is 0 Å². The summed E-state index contributed by atoms with van der Waals surface area (Å²) in [5, 5.41) is 6.41. The zero-order valence-corrected chi connectivity index (χ0v) is 16.2. The summed E-state index contributed by atoms with van der Waals surface area (Å²) in [6.07, 6.45) is 0. The van der Waals surface area contributed by atoms with Crippen molar-refractivity contribution in [2.24, 2.45) is 11.7 Å². The second-order valence-corrected chi connectivity index (χ2v) is 8.52. The molecule has 2 rings (SSSR count). The fourth-order valence-corrected chi connectivity index (χ4v) is 3.18. The van der Waals surface area contributed by atoms with Gasteiger partial charge in [-0.05, 0) is 24.1 Å². The molecule has 0 aliphatic heterocycles. The monoisotopic (exact) mass is 362 g/mol. The molecular weight excluding hydrogens is 336 g/mol. The number of fused-ring (bicyclic) bond motifs is 1. The van der Waals surface area contributed by atoms with Gasteiger partial charge in [-0.25, -0.2) is 4.98 Å². The number of amides is 2. The van der Waals surface area contributed by atoms with Crippen LogP contribution < -0.4 is 16.4 Å². The van der Waals surface area contributed by atoms with E-state index in [9.17, 15) is 9.59 Å².